The van der Waals surface area contributed by atoms with Gasteiger partial charge in [-0.1, -0.05) is 6.42 Å². The number of rotatable bonds is 0. The summed E-state index contributed by atoms with van der Waals surface area (Å²) in [5.74, 6) is 1.34. The summed E-state index contributed by atoms with van der Waals surface area (Å²) in [7, 11) is 0. The van der Waals surface area contributed by atoms with Crippen LogP contribution in [0.25, 0.3) is 0 Å². The average Bonchev–Trinajstić information content (AvgIpc) is 2.59. The molecule has 2 unspecified atom stereocenters. The van der Waals surface area contributed by atoms with Gasteiger partial charge in [0.25, 0.3) is 0 Å². The van der Waals surface area contributed by atoms with E-state index in [0.29, 0.717) is 0 Å². The van der Waals surface area contributed by atoms with Gasteiger partial charge in [-0.05, 0) is 25.7 Å². The zero-order valence-corrected chi connectivity index (χ0v) is 7.42. The van der Waals surface area contributed by atoms with E-state index in [1.165, 1.54) is 32.1 Å². The van der Waals surface area contributed by atoms with Crippen molar-refractivity contribution in [1.29, 1.82) is 0 Å². The van der Waals surface area contributed by atoms with E-state index >= 15 is 0 Å². The van der Waals surface area contributed by atoms with Gasteiger partial charge in [-0.2, -0.15) is 0 Å². The molecule has 1 aliphatic heterocycles. The van der Waals surface area contributed by atoms with Crippen LogP contribution in [0.4, 0.5) is 0 Å². The van der Waals surface area contributed by atoms with Crippen molar-refractivity contribution >= 4 is 0 Å². The van der Waals surface area contributed by atoms with Crippen molar-refractivity contribution in [3.05, 3.63) is 0 Å². The molecule has 1 spiro atoms. The molecule has 0 radical (unpaired) electrons. The van der Waals surface area contributed by atoms with Crippen LogP contribution in [0.3, 0.4) is 0 Å². The zero-order chi connectivity index (χ0) is 8.02. The molecular weight excluding hydrogens is 152 g/mol. The highest BCUT2D eigenvalue weighted by atomic mass is 16.7. The minimum atomic E-state index is -0.0990. The lowest BCUT2D eigenvalue weighted by Gasteiger charge is -2.38. The SMILES string of the molecule is C1CC2CCC(C1)C21OCCO1. The predicted octanol–water partition coefficient (Wildman–Crippen LogP) is 1.94. The van der Waals surface area contributed by atoms with Gasteiger partial charge in [0, 0.05) is 11.8 Å². The molecule has 0 aromatic heterocycles. The second-order valence-corrected chi connectivity index (χ2v) is 4.32. The van der Waals surface area contributed by atoms with Crippen LogP contribution in [0.2, 0.25) is 0 Å². The summed E-state index contributed by atoms with van der Waals surface area (Å²) in [5.41, 5.74) is 0. The van der Waals surface area contributed by atoms with Crippen LogP contribution in [0.15, 0.2) is 0 Å². The Morgan fingerprint density at radius 2 is 1.42 bits per heavy atom. The molecule has 0 aromatic rings. The fourth-order valence-electron chi connectivity index (χ4n) is 3.36. The van der Waals surface area contributed by atoms with Crippen LogP contribution in [-0.2, 0) is 9.47 Å². The third-order valence-electron chi connectivity index (χ3n) is 3.85. The molecule has 1 heterocycles. The van der Waals surface area contributed by atoms with Gasteiger partial charge >= 0.3 is 0 Å². The highest BCUT2D eigenvalue weighted by molar-refractivity contribution is 4.98. The Hall–Kier alpha value is -0.0800. The van der Waals surface area contributed by atoms with Crippen molar-refractivity contribution in [3.63, 3.8) is 0 Å². The number of hydrogen-bond acceptors (Lipinski definition) is 2. The molecule has 3 fully saturated rings. The Bertz CT molecular complexity index is 166. The Morgan fingerprint density at radius 3 is 2.00 bits per heavy atom. The third kappa shape index (κ3) is 0.775. The Balaban J connectivity index is 1.92. The van der Waals surface area contributed by atoms with Crippen LogP contribution >= 0.6 is 0 Å². The van der Waals surface area contributed by atoms with E-state index in [9.17, 15) is 0 Å². The fraction of sp³-hybridized carbons (Fsp3) is 1.00. The molecule has 0 aromatic carbocycles. The first-order valence-electron chi connectivity index (χ1n) is 5.20. The van der Waals surface area contributed by atoms with Crippen molar-refractivity contribution in [3.8, 4) is 0 Å². The summed E-state index contributed by atoms with van der Waals surface area (Å²) in [4.78, 5) is 0. The quantitative estimate of drug-likeness (QED) is 0.550. The van der Waals surface area contributed by atoms with E-state index in [2.05, 4.69) is 0 Å². The van der Waals surface area contributed by atoms with Gasteiger partial charge < -0.3 is 9.47 Å². The predicted molar refractivity (Wildman–Crippen MR) is 44.7 cm³/mol. The maximum absolute atomic E-state index is 5.85. The van der Waals surface area contributed by atoms with Crippen molar-refractivity contribution in [1.82, 2.24) is 0 Å². The van der Waals surface area contributed by atoms with Crippen LogP contribution in [0.5, 0.6) is 0 Å². The second-order valence-electron chi connectivity index (χ2n) is 4.32. The van der Waals surface area contributed by atoms with Gasteiger partial charge in [-0.15, -0.1) is 0 Å². The molecule has 2 atom stereocenters. The Morgan fingerprint density at radius 1 is 0.833 bits per heavy atom. The molecule has 2 nitrogen and oxygen atoms in total. The highest BCUT2D eigenvalue weighted by Gasteiger charge is 2.55. The smallest absolute Gasteiger partial charge is 0.174 e. The summed E-state index contributed by atoms with van der Waals surface area (Å²) in [6.07, 6.45) is 6.73. The number of hydrogen-bond donors (Lipinski definition) is 0. The van der Waals surface area contributed by atoms with Gasteiger partial charge in [-0.3, -0.25) is 0 Å². The molecule has 12 heavy (non-hydrogen) atoms. The monoisotopic (exact) mass is 168 g/mol. The minimum absolute atomic E-state index is 0.0990. The first-order chi connectivity index (χ1) is 5.92. The van der Waals surface area contributed by atoms with Crippen molar-refractivity contribution < 1.29 is 9.47 Å². The largest absolute Gasteiger partial charge is 0.347 e. The molecule has 2 saturated carbocycles. The Labute approximate surface area is 73.2 Å². The average molecular weight is 168 g/mol. The third-order valence-corrected chi connectivity index (χ3v) is 3.85. The van der Waals surface area contributed by atoms with E-state index in [1.54, 1.807) is 0 Å². The molecule has 3 aliphatic rings. The highest BCUT2D eigenvalue weighted by Crippen LogP contribution is 2.53. The standard InChI is InChI=1S/C10H16O2/c1-2-8-4-5-9(3-1)10(8)11-6-7-12-10/h8-9H,1-7H2. The van der Waals surface area contributed by atoms with Gasteiger partial charge in [0.1, 0.15) is 0 Å². The molecule has 68 valence electrons. The summed E-state index contributed by atoms with van der Waals surface area (Å²) >= 11 is 0. The van der Waals surface area contributed by atoms with E-state index in [1.807, 2.05) is 0 Å². The maximum atomic E-state index is 5.85. The summed E-state index contributed by atoms with van der Waals surface area (Å²) in [6.45, 7) is 1.65. The lowest BCUT2D eigenvalue weighted by atomic mass is 9.83. The van der Waals surface area contributed by atoms with E-state index < -0.39 is 0 Å². The van der Waals surface area contributed by atoms with Crippen LogP contribution in [0.1, 0.15) is 32.1 Å². The zero-order valence-electron chi connectivity index (χ0n) is 7.42. The Kier molecular flexibility index (Phi) is 1.50. The summed E-state index contributed by atoms with van der Waals surface area (Å²) < 4.78 is 11.7. The summed E-state index contributed by atoms with van der Waals surface area (Å²) in [5, 5.41) is 0. The second kappa shape index (κ2) is 2.46. The molecular formula is C10H16O2. The van der Waals surface area contributed by atoms with Crippen LogP contribution in [-0.4, -0.2) is 19.0 Å². The number of ether oxygens (including phenoxy) is 2. The molecule has 2 aliphatic carbocycles. The maximum Gasteiger partial charge on any atom is 0.174 e. The minimum Gasteiger partial charge on any atom is -0.347 e. The van der Waals surface area contributed by atoms with Gasteiger partial charge in [0.2, 0.25) is 0 Å². The molecule has 0 amide bonds. The molecule has 2 heteroatoms. The van der Waals surface area contributed by atoms with Crippen LogP contribution in [0, 0.1) is 11.8 Å². The molecule has 3 rings (SSSR count). The van der Waals surface area contributed by atoms with Crippen LogP contribution < -0.4 is 0 Å². The van der Waals surface area contributed by atoms with Crippen molar-refractivity contribution in [2.24, 2.45) is 11.8 Å². The van der Waals surface area contributed by atoms with E-state index in [0.717, 1.165) is 25.0 Å². The molecule has 2 bridgehead atoms. The topological polar surface area (TPSA) is 18.5 Å². The lowest BCUT2D eigenvalue weighted by Crippen LogP contribution is -2.43. The fourth-order valence-corrected chi connectivity index (χ4v) is 3.36. The normalized spacial score (nSPS) is 44.0. The molecule has 0 N–H and O–H groups in total. The van der Waals surface area contributed by atoms with Gasteiger partial charge in [0.05, 0.1) is 13.2 Å². The first-order valence-corrected chi connectivity index (χ1v) is 5.20. The van der Waals surface area contributed by atoms with Gasteiger partial charge in [0.15, 0.2) is 5.79 Å². The van der Waals surface area contributed by atoms with E-state index in [-0.39, 0.29) is 5.79 Å². The summed E-state index contributed by atoms with van der Waals surface area (Å²) in [6, 6.07) is 0. The molecule has 1 saturated heterocycles. The van der Waals surface area contributed by atoms with Crippen molar-refractivity contribution in [2.45, 2.75) is 37.9 Å². The van der Waals surface area contributed by atoms with Gasteiger partial charge in [-0.25, -0.2) is 0 Å². The first kappa shape index (κ1) is 7.34. The van der Waals surface area contributed by atoms with E-state index in [4.69, 9.17) is 9.47 Å². The lowest BCUT2D eigenvalue weighted by molar-refractivity contribution is -0.222. The van der Waals surface area contributed by atoms with Crippen molar-refractivity contribution in [2.75, 3.05) is 13.2 Å².